The highest BCUT2D eigenvalue weighted by molar-refractivity contribution is 5.76. The number of carbonyl (C=O) groups is 1. The lowest BCUT2D eigenvalue weighted by Gasteiger charge is -2.24. The van der Waals surface area contributed by atoms with E-state index in [9.17, 15) is 9.90 Å². The predicted octanol–water partition coefficient (Wildman–Crippen LogP) is 2.49. The molecule has 1 aliphatic heterocycles. The summed E-state index contributed by atoms with van der Waals surface area (Å²) in [6.45, 7) is 3.33. The SMILES string of the molecule is O=C(CCN1CCCCCCC1)NC[C@@H](O)c1ccccc1. The van der Waals surface area contributed by atoms with Gasteiger partial charge >= 0.3 is 0 Å². The number of carbonyl (C=O) groups excluding carboxylic acids is 1. The van der Waals surface area contributed by atoms with Crippen LogP contribution in [0.4, 0.5) is 0 Å². The first-order valence-electron chi connectivity index (χ1n) is 8.48. The highest BCUT2D eigenvalue weighted by Crippen LogP contribution is 2.12. The summed E-state index contributed by atoms with van der Waals surface area (Å²) in [6, 6.07) is 9.44. The Labute approximate surface area is 133 Å². The molecule has 1 aromatic carbocycles. The molecular weight excluding hydrogens is 276 g/mol. The summed E-state index contributed by atoms with van der Waals surface area (Å²) in [6.07, 6.45) is 6.35. The van der Waals surface area contributed by atoms with Crippen molar-refractivity contribution in [2.24, 2.45) is 0 Å². The summed E-state index contributed by atoms with van der Waals surface area (Å²) in [7, 11) is 0. The van der Waals surface area contributed by atoms with Crippen LogP contribution < -0.4 is 5.32 Å². The minimum Gasteiger partial charge on any atom is -0.387 e. The molecule has 4 nitrogen and oxygen atoms in total. The Morgan fingerprint density at radius 2 is 1.73 bits per heavy atom. The number of benzene rings is 1. The monoisotopic (exact) mass is 304 g/mol. The molecule has 22 heavy (non-hydrogen) atoms. The maximum atomic E-state index is 11.9. The predicted molar refractivity (Wildman–Crippen MR) is 88.6 cm³/mol. The van der Waals surface area contributed by atoms with Gasteiger partial charge in [-0.3, -0.25) is 4.79 Å². The normalized spacial score (nSPS) is 18.2. The molecule has 0 aliphatic carbocycles. The van der Waals surface area contributed by atoms with Gasteiger partial charge in [0.25, 0.3) is 0 Å². The van der Waals surface area contributed by atoms with Crippen molar-refractivity contribution >= 4 is 5.91 Å². The summed E-state index contributed by atoms with van der Waals surface area (Å²) < 4.78 is 0. The number of amides is 1. The number of aliphatic hydroxyl groups excluding tert-OH is 1. The zero-order valence-corrected chi connectivity index (χ0v) is 13.3. The van der Waals surface area contributed by atoms with Crippen molar-refractivity contribution in [3.8, 4) is 0 Å². The molecule has 0 radical (unpaired) electrons. The van der Waals surface area contributed by atoms with Gasteiger partial charge in [-0.1, -0.05) is 49.6 Å². The van der Waals surface area contributed by atoms with Crippen molar-refractivity contribution in [2.45, 2.75) is 44.6 Å². The van der Waals surface area contributed by atoms with Gasteiger partial charge in [-0.15, -0.1) is 0 Å². The zero-order valence-electron chi connectivity index (χ0n) is 13.3. The van der Waals surface area contributed by atoms with Gasteiger partial charge in [0.05, 0.1) is 6.10 Å². The molecular formula is C18H28N2O2. The maximum Gasteiger partial charge on any atom is 0.221 e. The minimum atomic E-state index is -0.633. The Morgan fingerprint density at radius 1 is 1.09 bits per heavy atom. The number of likely N-dealkylation sites (tertiary alicyclic amines) is 1. The van der Waals surface area contributed by atoms with Crippen molar-refractivity contribution in [1.82, 2.24) is 10.2 Å². The summed E-state index contributed by atoms with van der Waals surface area (Å²) in [5.41, 5.74) is 0.839. The van der Waals surface area contributed by atoms with E-state index >= 15 is 0 Å². The molecule has 0 unspecified atom stereocenters. The third-order valence-corrected chi connectivity index (χ3v) is 4.28. The van der Waals surface area contributed by atoms with E-state index in [1.54, 1.807) is 0 Å². The second-order valence-electron chi connectivity index (χ2n) is 6.09. The van der Waals surface area contributed by atoms with E-state index in [0.29, 0.717) is 6.42 Å². The summed E-state index contributed by atoms with van der Waals surface area (Å²) in [4.78, 5) is 14.3. The molecule has 1 saturated heterocycles. The molecule has 0 saturated carbocycles. The first-order chi connectivity index (χ1) is 10.8. The second-order valence-corrected chi connectivity index (χ2v) is 6.09. The van der Waals surface area contributed by atoms with Crippen molar-refractivity contribution in [3.05, 3.63) is 35.9 Å². The molecule has 1 fully saturated rings. The number of nitrogens with one attached hydrogen (secondary N) is 1. The van der Waals surface area contributed by atoms with Crippen molar-refractivity contribution in [3.63, 3.8) is 0 Å². The topological polar surface area (TPSA) is 52.6 Å². The second kappa shape index (κ2) is 9.59. The molecule has 2 N–H and O–H groups in total. The lowest BCUT2D eigenvalue weighted by atomic mass is 10.1. The first kappa shape index (κ1) is 17.0. The van der Waals surface area contributed by atoms with Gasteiger partial charge in [-0.05, 0) is 31.5 Å². The highest BCUT2D eigenvalue weighted by Gasteiger charge is 2.12. The van der Waals surface area contributed by atoms with Crippen LogP contribution >= 0.6 is 0 Å². The van der Waals surface area contributed by atoms with Gasteiger partial charge in [0.15, 0.2) is 0 Å². The van der Waals surface area contributed by atoms with E-state index < -0.39 is 6.10 Å². The van der Waals surface area contributed by atoms with E-state index in [1.165, 1.54) is 32.1 Å². The van der Waals surface area contributed by atoms with Gasteiger partial charge in [-0.2, -0.15) is 0 Å². The van der Waals surface area contributed by atoms with Crippen molar-refractivity contribution in [2.75, 3.05) is 26.2 Å². The van der Waals surface area contributed by atoms with E-state index in [1.807, 2.05) is 30.3 Å². The molecule has 0 aromatic heterocycles. The smallest absolute Gasteiger partial charge is 0.221 e. The highest BCUT2D eigenvalue weighted by atomic mass is 16.3. The van der Waals surface area contributed by atoms with Gasteiger partial charge in [0.2, 0.25) is 5.91 Å². The maximum absolute atomic E-state index is 11.9. The lowest BCUT2D eigenvalue weighted by molar-refractivity contribution is -0.121. The Hall–Kier alpha value is -1.39. The quantitative estimate of drug-likeness (QED) is 0.849. The van der Waals surface area contributed by atoms with E-state index in [-0.39, 0.29) is 12.5 Å². The minimum absolute atomic E-state index is 0.0250. The fraction of sp³-hybridized carbons (Fsp3) is 0.611. The number of rotatable bonds is 6. The molecule has 122 valence electrons. The first-order valence-corrected chi connectivity index (χ1v) is 8.48. The number of hydrogen-bond acceptors (Lipinski definition) is 3. The number of aliphatic hydroxyl groups is 1. The summed E-state index contributed by atoms with van der Waals surface area (Å²) >= 11 is 0. The van der Waals surface area contributed by atoms with Gasteiger partial charge < -0.3 is 15.3 Å². The molecule has 1 heterocycles. The molecule has 1 aromatic rings. The summed E-state index contributed by atoms with van der Waals surface area (Å²) in [5, 5.41) is 12.9. The Balaban J connectivity index is 1.65. The van der Waals surface area contributed by atoms with Crippen LogP contribution in [-0.2, 0) is 4.79 Å². The van der Waals surface area contributed by atoms with Gasteiger partial charge in [0.1, 0.15) is 0 Å². The van der Waals surface area contributed by atoms with Crippen LogP contribution in [0, 0.1) is 0 Å². The van der Waals surface area contributed by atoms with Gasteiger partial charge in [0, 0.05) is 19.5 Å². The van der Waals surface area contributed by atoms with Crippen LogP contribution in [0.15, 0.2) is 30.3 Å². The number of nitrogens with zero attached hydrogens (tertiary/aromatic N) is 1. The molecule has 1 atom stereocenters. The average molecular weight is 304 g/mol. The van der Waals surface area contributed by atoms with Crippen LogP contribution in [0.5, 0.6) is 0 Å². The molecule has 0 spiro atoms. The lowest BCUT2D eigenvalue weighted by Crippen LogP contribution is -2.34. The molecule has 2 rings (SSSR count). The number of hydrogen-bond donors (Lipinski definition) is 2. The fourth-order valence-corrected chi connectivity index (χ4v) is 2.89. The van der Waals surface area contributed by atoms with Crippen molar-refractivity contribution < 1.29 is 9.90 Å². The standard InChI is InChI=1S/C18H28N2O2/c21-17(16-9-5-4-6-10-16)15-19-18(22)11-14-20-12-7-2-1-3-8-13-20/h4-6,9-10,17,21H,1-3,7-8,11-15H2,(H,19,22)/t17-/m1/s1. The molecule has 1 amide bonds. The van der Waals surface area contributed by atoms with E-state index in [0.717, 1.165) is 25.2 Å². The zero-order chi connectivity index (χ0) is 15.6. The average Bonchev–Trinajstić information content (AvgIpc) is 2.52. The Kier molecular flexibility index (Phi) is 7.40. The summed E-state index contributed by atoms with van der Waals surface area (Å²) in [5.74, 6) is 0.0250. The van der Waals surface area contributed by atoms with Crippen molar-refractivity contribution in [1.29, 1.82) is 0 Å². The Morgan fingerprint density at radius 3 is 2.41 bits per heavy atom. The van der Waals surface area contributed by atoms with E-state index in [2.05, 4.69) is 10.2 Å². The largest absolute Gasteiger partial charge is 0.387 e. The molecule has 1 aliphatic rings. The van der Waals surface area contributed by atoms with E-state index in [4.69, 9.17) is 0 Å². The van der Waals surface area contributed by atoms with Crippen LogP contribution in [-0.4, -0.2) is 42.1 Å². The third-order valence-electron chi connectivity index (χ3n) is 4.28. The fourth-order valence-electron chi connectivity index (χ4n) is 2.89. The van der Waals surface area contributed by atoms with Crippen LogP contribution in [0.2, 0.25) is 0 Å². The molecule has 0 bridgehead atoms. The van der Waals surface area contributed by atoms with Gasteiger partial charge in [-0.25, -0.2) is 0 Å². The third kappa shape index (κ3) is 6.16. The molecule has 4 heteroatoms. The van der Waals surface area contributed by atoms with Crippen LogP contribution in [0.3, 0.4) is 0 Å². The van der Waals surface area contributed by atoms with Crippen LogP contribution in [0.25, 0.3) is 0 Å². The Bertz CT molecular complexity index is 428. The van der Waals surface area contributed by atoms with Crippen LogP contribution in [0.1, 0.15) is 50.2 Å².